The summed E-state index contributed by atoms with van der Waals surface area (Å²) in [6.45, 7) is -0.597. The molecule has 0 amide bonds. The number of nitro benzene ring substituents is 1. The van der Waals surface area contributed by atoms with Gasteiger partial charge in [0.2, 0.25) is 15.8 Å². The van der Waals surface area contributed by atoms with Gasteiger partial charge in [0.15, 0.2) is 11.9 Å². The first-order valence-electron chi connectivity index (χ1n) is 5.96. The van der Waals surface area contributed by atoms with E-state index in [1.807, 2.05) is 0 Å². The standard InChI is InChI=1S/C10H12N2O9S2/c1-22(15,16)20-5-6-4-19-9-3-7(23(11,17)18)2-8(12(13)14)10(9)21-6/h2-3,6H,4-5H2,1H3,(H2,11,17,18). The second kappa shape index (κ2) is 5.92. The zero-order chi connectivity index (χ0) is 17.4. The third kappa shape index (κ3) is 4.28. The summed E-state index contributed by atoms with van der Waals surface area (Å²) in [5.41, 5.74) is -0.671. The highest BCUT2D eigenvalue weighted by Gasteiger charge is 2.32. The average molecular weight is 368 g/mol. The Morgan fingerprint density at radius 2 is 2.04 bits per heavy atom. The maximum absolute atomic E-state index is 11.3. The molecule has 128 valence electrons. The summed E-state index contributed by atoms with van der Waals surface area (Å²) < 4.78 is 59.6. The molecule has 13 heteroatoms. The van der Waals surface area contributed by atoms with Crippen LogP contribution in [0, 0.1) is 10.1 Å². The van der Waals surface area contributed by atoms with E-state index in [4.69, 9.17) is 14.6 Å². The first-order chi connectivity index (χ1) is 10.5. The molecule has 0 aromatic heterocycles. The van der Waals surface area contributed by atoms with Gasteiger partial charge in [-0.25, -0.2) is 13.6 Å². The van der Waals surface area contributed by atoms with Crippen LogP contribution in [0.25, 0.3) is 0 Å². The van der Waals surface area contributed by atoms with Gasteiger partial charge in [-0.15, -0.1) is 0 Å². The zero-order valence-electron chi connectivity index (χ0n) is 11.7. The summed E-state index contributed by atoms with van der Waals surface area (Å²) in [7, 11) is -7.90. The van der Waals surface area contributed by atoms with Crippen molar-refractivity contribution in [1.82, 2.24) is 0 Å². The Kier molecular flexibility index (Phi) is 4.48. The number of fused-ring (bicyclic) bond motifs is 1. The molecule has 2 N–H and O–H groups in total. The van der Waals surface area contributed by atoms with Crippen LogP contribution in [0.5, 0.6) is 11.5 Å². The second-order valence-electron chi connectivity index (χ2n) is 4.61. The predicted molar refractivity (Wildman–Crippen MR) is 75.2 cm³/mol. The van der Waals surface area contributed by atoms with Crippen molar-refractivity contribution in [3.8, 4) is 11.5 Å². The summed E-state index contributed by atoms with van der Waals surface area (Å²) in [4.78, 5) is 9.72. The Labute approximate surface area is 131 Å². The Bertz CT molecular complexity index is 847. The number of ether oxygens (including phenoxy) is 2. The summed E-state index contributed by atoms with van der Waals surface area (Å²) in [5, 5.41) is 16.0. The molecule has 1 heterocycles. The van der Waals surface area contributed by atoms with Gasteiger partial charge in [-0.1, -0.05) is 0 Å². The van der Waals surface area contributed by atoms with E-state index in [0.29, 0.717) is 0 Å². The van der Waals surface area contributed by atoms with Crippen LogP contribution >= 0.6 is 0 Å². The van der Waals surface area contributed by atoms with Crippen molar-refractivity contribution in [3.05, 3.63) is 22.2 Å². The highest BCUT2D eigenvalue weighted by Crippen LogP contribution is 2.42. The van der Waals surface area contributed by atoms with Gasteiger partial charge in [-0.2, -0.15) is 8.42 Å². The second-order valence-corrected chi connectivity index (χ2v) is 7.82. The van der Waals surface area contributed by atoms with Crippen LogP contribution in [-0.2, 0) is 24.3 Å². The number of primary sulfonamides is 1. The molecule has 2 rings (SSSR count). The van der Waals surface area contributed by atoms with Crippen LogP contribution in [0.4, 0.5) is 5.69 Å². The molecule has 1 aromatic rings. The van der Waals surface area contributed by atoms with Crippen molar-refractivity contribution in [3.63, 3.8) is 0 Å². The van der Waals surface area contributed by atoms with Crippen molar-refractivity contribution in [2.24, 2.45) is 5.14 Å². The van der Waals surface area contributed by atoms with Crippen LogP contribution in [0.15, 0.2) is 17.0 Å². The van der Waals surface area contributed by atoms with Crippen molar-refractivity contribution in [1.29, 1.82) is 0 Å². The molecule has 11 nitrogen and oxygen atoms in total. The van der Waals surface area contributed by atoms with Crippen molar-refractivity contribution in [2.75, 3.05) is 19.5 Å². The fourth-order valence-corrected chi connectivity index (χ4v) is 2.70. The highest BCUT2D eigenvalue weighted by atomic mass is 32.2. The SMILES string of the molecule is CS(=O)(=O)OCC1COc2cc(S(N)(=O)=O)cc([N+](=O)[O-])c2O1. The van der Waals surface area contributed by atoms with E-state index in [-0.39, 0.29) is 18.1 Å². The molecule has 0 spiro atoms. The van der Waals surface area contributed by atoms with E-state index >= 15 is 0 Å². The van der Waals surface area contributed by atoms with Gasteiger partial charge in [0, 0.05) is 12.1 Å². The van der Waals surface area contributed by atoms with Gasteiger partial charge in [0.05, 0.1) is 16.1 Å². The monoisotopic (exact) mass is 368 g/mol. The number of hydrogen-bond acceptors (Lipinski definition) is 9. The molecule has 0 radical (unpaired) electrons. The molecule has 0 saturated carbocycles. The lowest BCUT2D eigenvalue weighted by molar-refractivity contribution is -0.386. The average Bonchev–Trinajstić information content (AvgIpc) is 2.41. The van der Waals surface area contributed by atoms with Crippen LogP contribution in [-0.4, -0.2) is 47.3 Å². The maximum atomic E-state index is 11.3. The number of hydrogen-bond donors (Lipinski definition) is 1. The molecule has 0 bridgehead atoms. The number of nitrogens with zero attached hydrogens (tertiary/aromatic N) is 1. The molecule has 1 aromatic carbocycles. The minimum Gasteiger partial charge on any atom is -0.485 e. The minimum atomic E-state index is -4.18. The van der Waals surface area contributed by atoms with Gasteiger partial charge in [-0.05, 0) is 0 Å². The zero-order valence-corrected chi connectivity index (χ0v) is 13.3. The Balaban J connectivity index is 2.37. The van der Waals surface area contributed by atoms with Crippen LogP contribution in [0.3, 0.4) is 0 Å². The Morgan fingerprint density at radius 1 is 1.39 bits per heavy atom. The van der Waals surface area contributed by atoms with Gasteiger partial charge >= 0.3 is 5.69 Å². The molecule has 1 aliphatic heterocycles. The number of benzene rings is 1. The number of nitrogens with two attached hydrogens (primary N) is 1. The lowest BCUT2D eigenvalue weighted by Crippen LogP contribution is -2.34. The van der Waals surface area contributed by atoms with E-state index in [1.165, 1.54) is 0 Å². The molecular formula is C10H12N2O9S2. The highest BCUT2D eigenvalue weighted by molar-refractivity contribution is 7.89. The van der Waals surface area contributed by atoms with Gasteiger partial charge in [-0.3, -0.25) is 14.3 Å². The summed E-state index contributed by atoms with van der Waals surface area (Å²) in [6, 6.07) is 1.72. The first-order valence-corrected chi connectivity index (χ1v) is 9.33. The van der Waals surface area contributed by atoms with Crippen molar-refractivity contribution in [2.45, 2.75) is 11.0 Å². The molecule has 1 unspecified atom stereocenters. The summed E-state index contributed by atoms with van der Waals surface area (Å²) in [6.07, 6.45) is -0.0814. The van der Waals surface area contributed by atoms with Crippen LogP contribution in [0.2, 0.25) is 0 Å². The fourth-order valence-electron chi connectivity index (χ4n) is 1.75. The van der Waals surface area contributed by atoms with E-state index < -0.39 is 48.4 Å². The minimum absolute atomic E-state index is 0.182. The first kappa shape index (κ1) is 17.4. The smallest absolute Gasteiger partial charge is 0.316 e. The third-order valence-corrected chi connectivity index (χ3v) is 4.17. The summed E-state index contributed by atoms with van der Waals surface area (Å²) >= 11 is 0. The van der Waals surface area contributed by atoms with E-state index in [2.05, 4.69) is 4.18 Å². The molecule has 0 aliphatic carbocycles. The third-order valence-electron chi connectivity index (χ3n) is 2.71. The van der Waals surface area contributed by atoms with Gasteiger partial charge in [0.25, 0.3) is 10.1 Å². The van der Waals surface area contributed by atoms with Gasteiger partial charge < -0.3 is 9.47 Å². The topological polar surface area (TPSA) is 165 Å². The Hall–Kier alpha value is -1.96. The van der Waals surface area contributed by atoms with E-state index in [9.17, 15) is 26.9 Å². The van der Waals surface area contributed by atoms with Crippen molar-refractivity contribution < 1.29 is 35.4 Å². The lowest BCUT2D eigenvalue weighted by atomic mass is 10.2. The maximum Gasteiger partial charge on any atom is 0.316 e. The molecule has 23 heavy (non-hydrogen) atoms. The number of sulfonamides is 1. The quantitative estimate of drug-likeness (QED) is 0.404. The van der Waals surface area contributed by atoms with Crippen LogP contribution < -0.4 is 14.6 Å². The van der Waals surface area contributed by atoms with E-state index in [1.54, 1.807) is 0 Å². The molecule has 0 saturated heterocycles. The molecule has 0 fully saturated rings. The normalized spacial score (nSPS) is 17.7. The predicted octanol–water partition coefficient (Wildman–Crippen LogP) is -0.642. The number of nitro groups is 1. The van der Waals surface area contributed by atoms with E-state index in [0.717, 1.165) is 18.4 Å². The molecule has 1 atom stereocenters. The summed E-state index contributed by atoms with van der Waals surface area (Å²) in [5.74, 6) is -0.505. The Morgan fingerprint density at radius 3 is 2.57 bits per heavy atom. The lowest BCUT2D eigenvalue weighted by Gasteiger charge is -2.25. The molecule has 1 aliphatic rings. The van der Waals surface area contributed by atoms with Crippen LogP contribution in [0.1, 0.15) is 0 Å². The number of rotatable bonds is 5. The van der Waals surface area contributed by atoms with Gasteiger partial charge in [0.1, 0.15) is 13.2 Å². The van der Waals surface area contributed by atoms with Crippen molar-refractivity contribution >= 4 is 25.8 Å². The fraction of sp³-hybridized carbons (Fsp3) is 0.400. The largest absolute Gasteiger partial charge is 0.485 e. The molecular weight excluding hydrogens is 356 g/mol.